The second-order valence-electron chi connectivity index (χ2n) is 7.69. The molecule has 0 aromatic rings. The summed E-state index contributed by atoms with van der Waals surface area (Å²) < 4.78 is 0. The molecular formula is C20H42MgO2SeZn. The van der Waals surface area contributed by atoms with Crippen molar-refractivity contribution in [2.75, 3.05) is 0 Å². The van der Waals surface area contributed by atoms with E-state index >= 15 is 0 Å². The van der Waals surface area contributed by atoms with E-state index in [4.69, 9.17) is 5.11 Å². The number of carboxylic acids is 1. The zero-order valence-electron chi connectivity index (χ0n) is 19.4. The second-order valence-corrected chi connectivity index (χ2v) is 7.69. The molecule has 0 unspecified atom stereocenters. The van der Waals surface area contributed by atoms with E-state index in [1.807, 2.05) is 6.92 Å². The Bertz CT molecular complexity index is 346. The molecule has 0 aromatic heterocycles. The van der Waals surface area contributed by atoms with Crippen LogP contribution in [-0.4, -0.2) is 51.2 Å². The number of aliphatic carboxylic acids is 1. The molecule has 0 aliphatic rings. The first-order chi connectivity index (χ1) is 10.3. The van der Waals surface area contributed by atoms with Gasteiger partial charge in [-0.15, -0.1) is 0 Å². The number of hydrogen-bond acceptors (Lipinski definition) is 1. The van der Waals surface area contributed by atoms with Gasteiger partial charge in [-0.05, 0) is 37.5 Å². The number of rotatable bonds is 13. The SMILES string of the molecule is C/C(=C\C(=O)O)CCC[C@H](C)CCC[C@H](C)CCCC(C)C.[H-].[H-].[Mg+2].[SeH2].[Zn]. The Morgan fingerprint density at radius 1 is 0.920 bits per heavy atom. The molecule has 5 heteroatoms. The van der Waals surface area contributed by atoms with Gasteiger partial charge in [0.2, 0.25) is 0 Å². The maximum absolute atomic E-state index is 10.5. The summed E-state index contributed by atoms with van der Waals surface area (Å²) in [6.07, 6.45) is 12.7. The Labute approximate surface area is 199 Å². The van der Waals surface area contributed by atoms with E-state index in [0.717, 1.165) is 36.2 Å². The van der Waals surface area contributed by atoms with Gasteiger partial charge < -0.3 is 7.96 Å². The molecule has 0 radical (unpaired) electrons. The van der Waals surface area contributed by atoms with Crippen LogP contribution in [0.4, 0.5) is 0 Å². The standard InChI is InChI=1S/C20H38O2.Mg.H2Se.Zn.2H/c1-16(2)9-6-10-17(3)11-7-12-18(4)13-8-14-19(5)15-20(21)22;;;;;/h15-18H,6-14H2,1-5H3,(H,21,22);;1H2;;;/q;+2;;;2*-1/b19-15+;;;;;/t17-,18-;;;;;/m1...../s1. The van der Waals surface area contributed by atoms with Gasteiger partial charge in [0.15, 0.2) is 0 Å². The number of carbonyl (C=O) groups is 1. The van der Waals surface area contributed by atoms with Gasteiger partial charge in [-0.1, -0.05) is 78.2 Å². The molecule has 2 nitrogen and oxygen atoms in total. The largest absolute Gasteiger partial charge is 0 e. The van der Waals surface area contributed by atoms with E-state index in [9.17, 15) is 4.79 Å². The van der Waals surface area contributed by atoms with Crippen LogP contribution in [0.2, 0.25) is 0 Å². The molecule has 0 aromatic carbocycles. The van der Waals surface area contributed by atoms with Crippen molar-refractivity contribution in [2.24, 2.45) is 17.8 Å². The minimum atomic E-state index is -0.822. The molecule has 0 aliphatic heterocycles. The van der Waals surface area contributed by atoms with Gasteiger partial charge >= 0.3 is 46.1 Å². The predicted molar refractivity (Wildman–Crippen MR) is 113 cm³/mol. The molecule has 0 amide bonds. The normalized spacial score (nSPS) is 13.3. The molecule has 0 bridgehead atoms. The van der Waals surface area contributed by atoms with Crippen LogP contribution in [0.1, 0.15) is 95.3 Å². The van der Waals surface area contributed by atoms with Crippen molar-refractivity contribution in [3.8, 4) is 0 Å². The van der Waals surface area contributed by atoms with Crippen molar-refractivity contribution >= 4 is 46.1 Å². The van der Waals surface area contributed by atoms with Gasteiger partial charge in [-0.25, -0.2) is 4.79 Å². The molecule has 0 rings (SSSR count). The third-order valence-corrected chi connectivity index (χ3v) is 4.51. The Hall–Kier alpha value is 1.12. The molecule has 0 heterocycles. The van der Waals surface area contributed by atoms with Crippen LogP contribution < -0.4 is 0 Å². The van der Waals surface area contributed by atoms with Crippen LogP contribution in [0.3, 0.4) is 0 Å². The van der Waals surface area contributed by atoms with Crippen molar-refractivity contribution in [1.29, 1.82) is 0 Å². The van der Waals surface area contributed by atoms with Crippen LogP contribution in [0.15, 0.2) is 11.6 Å². The molecule has 0 saturated heterocycles. The maximum atomic E-state index is 10.5. The summed E-state index contributed by atoms with van der Waals surface area (Å²) in [7, 11) is 0. The Kier molecular flexibility index (Phi) is 28.9. The Morgan fingerprint density at radius 2 is 1.32 bits per heavy atom. The van der Waals surface area contributed by atoms with Crippen LogP contribution >= 0.6 is 0 Å². The number of allylic oxidation sites excluding steroid dienone is 1. The summed E-state index contributed by atoms with van der Waals surface area (Å²) in [6.45, 7) is 11.3. The zero-order valence-corrected chi connectivity index (χ0v) is 23.9. The summed E-state index contributed by atoms with van der Waals surface area (Å²) in [5.74, 6) is 1.65. The predicted octanol–water partition coefficient (Wildman–Crippen LogP) is 5.38. The van der Waals surface area contributed by atoms with Crippen molar-refractivity contribution in [2.45, 2.75) is 92.4 Å². The van der Waals surface area contributed by atoms with Crippen molar-refractivity contribution in [3.63, 3.8) is 0 Å². The summed E-state index contributed by atoms with van der Waals surface area (Å²) >= 11 is 0. The fraction of sp³-hybridized carbons (Fsp3) is 0.850. The van der Waals surface area contributed by atoms with Gasteiger partial charge in [0, 0.05) is 25.6 Å². The average Bonchev–Trinajstić information content (AvgIpc) is 2.37. The molecule has 144 valence electrons. The molecule has 1 N–H and O–H groups in total. The van der Waals surface area contributed by atoms with E-state index in [2.05, 4.69) is 27.7 Å². The first-order valence-corrected chi connectivity index (χ1v) is 9.21. The molecular weight excluding hydrogens is 441 g/mol. The topological polar surface area (TPSA) is 37.3 Å². The molecule has 0 aliphatic carbocycles. The van der Waals surface area contributed by atoms with Gasteiger partial charge in [0.1, 0.15) is 0 Å². The monoisotopic (exact) mass is 482 g/mol. The van der Waals surface area contributed by atoms with Crippen LogP contribution in [0.5, 0.6) is 0 Å². The van der Waals surface area contributed by atoms with Crippen molar-refractivity contribution in [1.82, 2.24) is 0 Å². The van der Waals surface area contributed by atoms with E-state index in [0.29, 0.717) is 0 Å². The first-order valence-electron chi connectivity index (χ1n) is 9.21. The fourth-order valence-corrected chi connectivity index (χ4v) is 2.99. The van der Waals surface area contributed by atoms with Gasteiger partial charge in [-0.2, -0.15) is 0 Å². The summed E-state index contributed by atoms with van der Waals surface area (Å²) in [6, 6.07) is 0. The first kappa shape index (κ1) is 33.7. The third kappa shape index (κ3) is 25.1. The van der Waals surface area contributed by atoms with E-state index in [-0.39, 0.29) is 62.5 Å². The summed E-state index contributed by atoms with van der Waals surface area (Å²) in [4.78, 5) is 10.5. The molecule has 0 saturated carbocycles. The summed E-state index contributed by atoms with van der Waals surface area (Å²) in [5, 5.41) is 8.68. The van der Waals surface area contributed by atoms with Gasteiger partial charge in [-0.3, -0.25) is 0 Å². The van der Waals surface area contributed by atoms with Gasteiger partial charge in [0.05, 0.1) is 0 Å². The minimum absolute atomic E-state index is 0. The van der Waals surface area contributed by atoms with Crippen molar-refractivity contribution in [3.05, 3.63) is 11.6 Å². The molecule has 2 atom stereocenters. The molecule has 0 spiro atoms. The van der Waals surface area contributed by atoms with Crippen LogP contribution in [0.25, 0.3) is 0 Å². The minimum Gasteiger partial charge on any atom is 0 e. The molecule has 25 heavy (non-hydrogen) atoms. The van der Waals surface area contributed by atoms with E-state index in [1.54, 1.807) is 0 Å². The fourth-order valence-electron chi connectivity index (χ4n) is 2.99. The quantitative estimate of drug-likeness (QED) is 0.282. The van der Waals surface area contributed by atoms with E-state index in [1.165, 1.54) is 51.0 Å². The van der Waals surface area contributed by atoms with Crippen molar-refractivity contribution < 1.29 is 32.2 Å². The zero-order chi connectivity index (χ0) is 17.0. The number of carboxylic acid groups (broad SMARTS) is 1. The van der Waals surface area contributed by atoms with Gasteiger partial charge in [0.25, 0.3) is 0 Å². The average molecular weight is 483 g/mol. The van der Waals surface area contributed by atoms with E-state index < -0.39 is 5.97 Å². The number of hydrogen-bond donors (Lipinski definition) is 1. The third-order valence-electron chi connectivity index (χ3n) is 4.51. The van der Waals surface area contributed by atoms with Crippen LogP contribution in [-0.2, 0) is 24.3 Å². The Balaban J connectivity index is -0.000000220. The molecule has 0 fully saturated rings. The second kappa shape index (κ2) is 21.4. The van der Waals surface area contributed by atoms with Crippen LogP contribution in [0, 0.1) is 17.8 Å². The maximum Gasteiger partial charge on any atom is 0 e. The smallest absolute Gasteiger partial charge is 0 e. The Morgan fingerprint density at radius 3 is 1.72 bits per heavy atom. The summed E-state index contributed by atoms with van der Waals surface area (Å²) in [5.41, 5.74) is 0.985.